The largest absolute Gasteiger partial charge is 0.326 e. The van der Waals surface area contributed by atoms with Crippen LogP contribution in [0, 0.1) is 6.92 Å². The van der Waals surface area contributed by atoms with Gasteiger partial charge in [-0.3, -0.25) is 4.90 Å². The summed E-state index contributed by atoms with van der Waals surface area (Å²) in [5, 5.41) is 0. The molecule has 1 heterocycles. The summed E-state index contributed by atoms with van der Waals surface area (Å²) in [6, 6.07) is 12.7. The van der Waals surface area contributed by atoms with Crippen LogP contribution in [0.2, 0.25) is 4.34 Å². The van der Waals surface area contributed by atoms with Gasteiger partial charge in [-0.15, -0.1) is 11.3 Å². The van der Waals surface area contributed by atoms with Gasteiger partial charge in [-0.2, -0.15) is 0 Å². The standard InChI is InChI=1S/C16H21ClN2S/c1-11-6-4-5-7-13(11)10-19(3)16(12(2)18)14-8-9-15(17)20-14/h4-9,12,16H,10,18H2,1-3H3. The first-order chi connectivity index (χ1) is 9.49. The third-order valence-electron chi connectivity index (χ3n) is 3.54. The van der Waals surface area contributed by atoms with Crippen LogP contribution in [0.5, 0.6) is 0 Å². The van der Waals surface area contributed by atoms with Gasteiger partial charge in [0, 0.05) is 17.5 Å². The van der Waals surface area contributed by atoms with Gasteiger partial charge in [-0.25, -0.2) is 0 Å². The van der Waals surface area contributed by atoms with Crippen LogP contribution in [0.1, 0.15) is 29.0 Å². The molecule has 0 bridgehead atoms. The van der Waals surface area contributed by atoms with Crippen LogP contribution in [0.3, 0.4) is 0 Å². The number of nitrogens with two attached hydrogens (primary N) is 1. The lowest BCUT2D eigenvalue weighted by molar-refractivity contribution is 0.214. The van der Waals surface area contributed by atoms with Gasteiger partial charge in [-0.05, 0) is 44.2 Å². The Hall–Kier alpha value is -0.870. The van der Waals surface area contributed by atoms with E-state index in [0.717, 1.165) is 10.9 Å². The summed E-state index contributed by atoms with van der Waals surface area (Å²) in [4.78, 5) is 3.52. The SMILES string of the molecule is Cc1ccccc1CN(C)C(c1ccc(Cl)s1)C(C)N. The van der Waals surface area contributed by atoms with Crippen molar-refractivity contribution in [2.24, 2.45) is 5.73 Å². The van der Waals surface area contributed by atoms with Crippen molar-refractivity contribution in [1.29, 1.82) is 0 Å². The summed E-state index contributed by atoms with van der Waals surface area (Å²) >= 11 is 7.67. The maximum absolute atomic E-state index is 6.19. The fraction of sp³-hybridized carbons (Fsp3) is 0.375. The Balaban J connectivity index is 2.20. The number of benzene rings is 1. The monoisotopic (exact) mass is 308 g/mol. The highest BCUT2D eigenvalue weighted by molar-refractivity contribution is 7.16. The molecule has 1 aromatic heterocycles. The van der Waals surface area contributed by atoms with Gasteiger partial charge in [0.1, 0.15) is 0 Å². The zero-order valence-corrected chi connectivity index (χ0v) is 13.7. The van der Waals surface area contributed by atoms with Crippen molar-refractivity contribution in [2.45, 2.75) is 32.5 Å². The van der Waals surface area contributed by atoms with E-state index >= 15 is 0 Å². The lowest BCUT2D eigenvalue weighted by Gasteiger charge is -2.30. The number of nitrogens with zero attached hydrogens (tertiary/aromatic N) is 1. The Morgan fingerprint density at radius 3 is 2.50 bits per heavy atom. The minimum absolute atomic E-state index is 0.0544. The Morgan fingerprint density at radius 2 is 1.95 bits per heavy atom. The van der Waals surface area contributed by atoms with Crippen LogP contribution in [-0.2, 0) is 6.54 Å². The van der Waals surface area contributed by atoms with Crippen LogP contribution >= 0.6 is 22.9 Å². The van der Waals surface area contributed by atoms with Gasteiger partial charge in [0.15, 0.2) is 0 Å². The number of hydrogen-bond donors (Lipinski definition) is 1. The molecule has 0 amide bonds. The summed E-state index contributed by atoms with van der Waals surface area (Å²) in [6.07, 6.45) is 0. The van der Waals surface area contributed by atoms with Crippen LogP contribution in [0.4, 0.5) is 0 Å². The highest BCUT2D eigenvalue weighted by atomic mass is 35.5. The predicted molar refractivity (Wildman–Crippen MR) is 88.4 cm³/mol. The summed E-state index contributed by atoms with van der Waals surface area (Å²) < 4.78 is 0.815. The fourth-order valence-corrected chi connectivity index (χ4v) is 3.86. The molecule has 0 saturated heterocycles. The molecule has 2 atom stereocenters. The molecule has 2 N–H and O–H groups in total. The maximum atomic E-state index is 6.19. The van der Waals surface area contributed by atoms with Crippen molar-refractivity contribution in [3.63, 3.8) is 0 Å². The number of likely N-dealkylation sites (N-methyl/N-ethyl adjacent to an activating group) is 1. The van der Waals surface area contributed by atoms with Gasteiger partial charge < -0.3 is 5.73 Å². The van der Waals surface area contributed by atoms with E-state index in [1.54, 1.807) is 11.3 Å². The van der Waals surface area contributed by atoms with Crippen molar-refractivity contribution in [3.05, 3.63) is 56.7 Å². The van der Waals surface area contributed by atoms with Gasteiger partial charge >= 0.3 is 0 Å². The maximum Gasteiger partial charge on any atom is 0.0931 e. The Morgan fingerprint density at radius 1 is 1.25 bits per heavy atom. The van der Waals surface area contributed by atoms with E-state index in [1.807, 2.05) is 13.0 Å². The number of thiophene rings is 1. The van der Waals surface area contributed by atoms with Crippen molar-refractivity contribution in [2.75, 3.05) is 7.05 Å². The summed E-state index contributed by atoms with van der Waals surface area (Å²) in [7, 11) is 2.12. The van der Waals surface area contributed by atoms with Crippen molar-refractivity contribution >= 4 is 22.9 Å². The first-order valence-electron chi connectivity index (χ1n) is 6.74. The topological polar surface area (TPSA) is 29.3 Å². The predicted octanol–water partition coefficient (Wildman–Crippen LogP) is 4.23. The highest BCUT2D eigenvalue weighted by Gasteiger charge is 2.23. The molecule has 2 nitrogen and oxygen atoms in total. The molecule has 1 aromatic carbocycles. The van der Waals surface area contributed by atoms with Gasteiger partial charge in [-0.1, -0.05) is 35.9 Å². The fourth-order valence-electron chi connectivity index (χ4n) is 2.52. The molecular formula is C16H21ClN2S. The second kappa shape index (κ2) is 6.72. The minimum Gasteiger partial charge on any atom is -0.326 e. The van der Waals surface area contributed by atoms with E-state index in [9.17, 15) is 0 Å². The van der Waals surface area contributed by atoms with Crippen LogP contribution in [0.25, 0.3) is 0 Å². The first-order valence-corrected chi connectivity index (χ1v) is 7.94. The molecule has 2 unspecified atom stereocenters. The molecule has 0 spiro atoms. The van der Waals surface area contributed by atoms with Gasteiger partial charge in [0.05, 0.1) is 10.4 Å². The summed E-state index contributed by atoms with van der Waals surface area (Å²) in [6.45, 7) is 5.08. The smallest absolute Gasteiger partial charge is 0.0931 e. The van der Waals surface area contributed by atoms with Crippen LogP contribution < -0.4 is 5.73 Å². The zero-order valence-electron chi connectivity index (χ0n) is 12.1. The van der Waals surface area contributed by atoms with Crippen molar-refractivity contribution in [1.82, 2.24) is 4.90 Å². The molecular weight excluding hydrogens is 288 g/mol. The summed E-state index contributed by atoms with van der Waals surface area (Å²) in [5.74, 6) is 0. The Bertz CT molecular complexity index is 565. The average Bonchev–Trinajstić information content (AvgIpc) is 2.78. The third-order valence-corrected chi connectivity index (χ3v) is 4.84. The number of hydrogen-bond acceptors (Lipinski definition) is 3. The van der Waals surface area contributed by atoms with E-state index in [0.29, 0.717) is 0 Å². The van der Waals surface area contributed by atoms with E-state index in [1.165, 1.54) is 16.0 Å². The van der Waals surface area contributed by atoms with E-state index in [-0.39, 0.29) is 12.1 Å². The number of halogens is 1. The lowest BCUT2D eigenvalue weighted by Crippen LogP contribution is -2.36. The quantitative estimate of drug-likeness (QED) is 0.895. The van der Waals surface area contributed by atoms with Crippen molar-refractivity contribution < 1.29 is 0 Å². The number of rotatable bonds is 5. The minimum atomic E-state index is 0.0544. The van der Waals surface area contributed by atoms with Crippen LogP contribution in [0.15, 0.2) is 36.4 Å². The molecule has 0 aliphatic carbocycles. The van der Waals surface area contributed by atoms with Crippen molar-refractivity contribution in [3.8, 4) is 0 Å². The normalized spacial score (nSPS) is 14.5. The van der Waals surface area contributed by atoms with E-state index < -0.39 is 0 Å². The molecule has 4 heteroatoms. The molecule has 0 radical (unpaired) electrons. The average molecular weight is 309 g/mol. The van der Waals surface area contributed by atoms with Gasteiger partial charge in [0.2, 0.25) is 0 Å². The number of aryl methyl sites for hydroxylation is 1. The first kappa shape index (κ1) is 15.5. The van der Waals surface area contributed by atoms with E-state index in [4.69, 9.17) is 17.3 Å². The Kier molecular flexibility index (Phi) is 5.22. The van der Waals surface area contributed by atoms with E-state index in [2.05, 4.69) is 49.2 Å². The second-order valence-corrected chi connectivity index (χ2v) is 7.03. The van der Waals surface area contributed by atoms with Crippen LogP contribution in [-0.4, -0.2) is 18.0 Å². The molecule has 0 aliphatic rings. The highest BCUT2D eigenvalue weighted by Crippen LogP contribution is 2.32. The molecule has 20 heavy (non-hydrogen) atoms. The molecule has 108 valence electrons. The molecule has 2 rings (SSSR count). The zero-order chi connectivity index (χ0) is 14.7. The Labute approximate surface area is 130 Å². The lowest BCUT2D eigenvalue weighted by atomic mass is 10.0. The molecule has 0 aliphatic heterocycles. The van der Waals surface area contributed by atoms with Gasteiger partial charge in [0.25, 0.3) is 0 Å². The third kappa shape index (κ3) is 3.61. The molecule has 0 fully saturated rings. The molecule has 0 saturated carbocycles. The second-order valence-electron chi connectivity index (χ2n) is 5.29. The molecule has 2 aromatic rings. The summed E-state index contributed by atoms with van der Waals surface area (Å²) in [5.41, 5.74) is 8.84.